The van der Waals surface area contributed by atoms with E-state index in [1.807, 2.05) is 19.3 Å². The Kier molecular flexibility index (Phi) is 2.04. The molecule has 13 heavy (non-hydrogen) atoms. The maximum absolute atomic E-state index is 5.21. The summed E-state index contributed by atoms with van der Waals surface area (Å²) in [6, 6.07) is 6.09. The molecule has 68 valence electrons. The van der Waals surface area contributed by atoms with Crippen LogP contribution in [0.3, 0.4) is 0 Å². The summed E-state index contributed by atoms with van der Waals surface area (Å²) in [6.07, 6.45) is 2.04. The Bertz CT molecular complexity index is 447. The Morgan fingerprint density at radius 1 is 1.31 bits per heavy atom. The standard InChI is InChI=1S/C10H10BrNO/c1-12-6-5-7-8(12)3-4-9(13-2)10(7)11/h3-6H,1-2H3. The van der Waals surface area contributed by atoms with Crippen LogP contribution in [0.5, 0.6) is 5.75 Å². The van der Waals surface area contributed by atoms with Crippen LogP contribution in [0, 0.1) is 0 Å². The molecule has 0 radical (unpaired) electrons. The van der Waals surface area contributed by atoms with Gasteiger partial charge in [0.25, 0.3) is 0 Å². The lowest BCUT2D eigenvalue weighted by Crippen LogP contribution is -1.87. The Morgan fingerprint density at radius 2 is 2.08 bits per heavy atom. The molecule has 0 fully saturated rings. The van der Waals surface area contributed by atoms with Gasteiger partial charge in [-0.1, -0.05) is 0 Å². The normalized spacial score (nSPS) is 10.7. The molecular weight excluding hydrogens is 230 g/mol. The number of nitrogens with zero attached hydrogens (tertiary/aromatic N) is 1. The first-order valence-corrected chi connectivity index (χ1v) is 4.81. The van der Waals surface area contributed by atoms with Gasteiger partial charge in [-0.15, -0.1) is 0 Å². The van der Waals surface area contributed by atoms with Crippen LogP contribution in [0.15, 0.2) is 28.9 Å². The summed E-state index contributed by atoms with van der Waals surface area (Å²) in [5.41, 5.74) is 1.20. The van der Waals surface area contributed by atoms with E-state index >= 15 is 0 Å². The van der Waals surface area contributed by atoms with E-state index in [1.165, 1.54) is 10.9 Å². The number of methoxy groups -OCH3 is 1. The van der Waals surface area contributed by atoms with Gasteiger partial charge in [0.2, 0.25) is 0 Å². The average Bonchev–Trinajstić information content (AvgIpc) is 2.50. The van der Waals surface area contributed by atoms with Crippen molar-refractivity contribution >= 4 is 26.8 Å². The molecule has 1 aromatic carbocycles. The van der Waals surface area contributed by atoms with Gasteiger partial charge < -0.3 is 9.30 Å². The third kappa shape index (κ3) is 1.23. The van der Waals surface area contributed by atoms with Crippen molar-refractivity contribution in [3.05, 3.63) is 28.9 Å². The van der Waals surface area contributed by atoms with Gasteiger partial charge in [0.15, 0.2) is 0 Å². The van der Waals surface area contributed by atoms with Crippen molar-refractivity contribution in [2.75, 3.05) is 7.11 Å². The van der Waals surface area contributed by atoms with Crippen LogP contribution in [-0.2, 0) is 7.05 Å². The first-order chi connectivity index (χ1) is 6.24. The number of hydrogen-bond donors (Lipinski definition) is 0. The number of ether oxygens (including phenoxy) is 1. The molecule has 3 heteroatoms. The Morgan fingerprint density at radius 3 is 2.77 bits per heavy atom. The minimum Gasteiger partial charge on any atom is -0.496 e. The van der Waals surface area contributed by atoms with Crippen LogP contribution in [0.25, 0.3) is 10.9 Å². The summed E-state index contributed by atoms with van der Waals surface area (Å²) in [5, 5.41) is 1.18. The molecule has 2 rings (SSSR count). The molecule has 0 aliphatic rings. The molecule has 2 nitrogen and oxygen atoms in total. The molecule has 0 aliphatic carbocycles. The fourth-order valence-electron chi connectivity index (χ4n) is 1.45. The van der Waals surface area contributed by atoms with Gasteiger partial charge >= 0.3 is 0 Å². The number of halogens is 1. The fourth-order valence-corrected chi connectivity index (χ4v) is 2.08. The van der Waals surface area contributed by atoms with E-state index in [9.17, 15) is 0 Å². The highest BCUT2D eigenvalue weighted by Gasteiger charge is 2.06. The number of benzene rings is 1. The van der Waals surface area contributed by atoms with Crippen molar-refractivity contribution in [3.8, 4) is 5.75 Å². The zero-order valence-corrected chi connectivity index (χ0v) is 9.13. The third-order valence-electron chi connectivity index (χ3n) is 2.19. The SMILES string of the molecule is COc1ccc2c(ccn2C)c1Br. The number of fused-ring (bicyclic) bond motifs is 1. The highest BCUT2D eigenvalue weighted by Crippen LogP contribution is 2.32. The van der Waals surface area contributed by atoms with E-state index in [0.29, 0.717) is 0 Å². The second-order valence-corrected chi connectivity index (χ2v) is 3.73. The first kappa shape index (κ1) is 8.63. The molecule has 0 N–H and O–H groups in total. The summed E-state index contributed by atoms with van der Waals surface area (Å²) in [4.78, 5) is 0. The van der Waals surface area contributed by atoms with Crippen LogP contribution < -0.4 is 4.74 Å². The molecule has 0 unspecified atom stereocenters. The van der Waals surface area contributed by atoms with Crippen molar-refractivity contribution in [2.24, 2.45) is 7.05 Å². The van der Waals surface area contributed by atoms with E-state index in [4.69, 9.17) is 4.74 Å². The Labute approximate surface area is 85.2 Å². The van der Waals surface area contributed by atoms with Gasteiger partial charge in [-0.3, -0.25) is 0 Å². The molecule has 0 saturated heterocycles. The van der Waals surface area contributed by atoms with Gasteiger partial charge in [0, 0.05) is 24.1 Å². The van der Waals surface area contributed by atoms with Gasteiger partial charge in [-0.25, -0.2) is 0 Å². The van der Waals surface area contributed by atoms with E-state index in [-0.39, 0.29) is 0 Å². The fraction of sp³-hybridized carbons (Fsp3) is 0.200. The van der Waals surface area contributed by atoms with Gasteiger partial charge in [0.05, 0.1) is 11.6 Å². The lowest BCUT2D eigenvalue weighted by Gasteiger charge is -2.04. The molecule has 0 spiro atoms. The maximum Gasteiger partial charge on any atom is 0.133 e. The molecule has 0 aliphatic heterocycles. The van der Waals surface area contributed by atoms with E-state index in [0.717, 1.165) is 10.2 Å². The second-order valence-electron chi connectivity index (χ2n) is 2.94. The molecule has 0 saturated carbocycles. The molecule has 0 bridgehead atoms. The highest BCUT2D eigenvalue weighted by molar-refractivity contribution is 9.10. The number of hydrogen-bond acceptors (Lipinski definition) is 1. The van der Waals surface area contributed by atoms with Crippen LogP contribution in [0.1, 0.15) is 0 Å². The topological polar surface area (TPSA) is 14.2 Å². The van der Waals surface area contributed by atoms with Gasteiger partial charge in [0.1, 0.15) is 5.75 Å². The minimum absolute atomic E-state index is 0.874. The molecule has 0 atom stereocenters. The van der Waals surface area contributed by atoms with Gasteiger partial charge in [-0.05, 0) is 34.1 Å². The van der Waals surface area contributed by atoms with Gasteiger partial charge in [-0.2, -0.15) is 0 Å². The smallest absolute Gasteiger partial charge is 0.133 e. The summed E-state index contributed by atoms with van der Waals surface area (Å²) in [7, 11) is 3.70. The second kappa shape index (κ2) is 3.07. The Hall–Kier alpha value is -0.960. The molecule has 1 heterocycles. The van der Waals surface area contributed by atoms with Crippen LogP contribution in [0.4, 0.5) is 0 Å². The molecule has 1 aromatic heterocycles. The van der Waals surface area contributed by atoms with E-state index in [2.05, 4.69) is 32.6 Å². The lowest BCUT2D eigenvalue weighted by molar-refractivity contribution is 0.413. The lowest BCUT2D eigenvalue weighted by atomic mass is 10.2. The van der Waals surface area contributed by atoms with Crippen molar-refractivity contribution in [1.29, 1.82) is 0 Å². The van der Waals surface area contributed by atoms with E-state index in [1.54, 1.807) is 7.11 Å². The first-order valence-electron chi connectivity index (χ1n) is 4.01. The van der Waals surface area contributed by atoms with Crippen LogP contribution in [0.2, 0.25) is 0 Å². The quantitative estimate of drug-likeness (QED) is 0.747. The largest absolute Gasteiger partial charge is 0.496 e. The van der Waals surface area contributed by atoms with Crippen molar-refractivity contribution in [3.63, 3.8) is 0 Å². The molecular formula is C10H10BrNO. The van der Waals surface area contributed by atoms with Crippen molar-refractivity contribution < 1.29 is 4.74 Å². The zero-order valence-electron chi connectivity index (χ0n) is 7.54. The number of aromatic nitrogens is 1. The maximum atomic E-state index is 5.21. The zero-order chi connectivity index (χ0) is 9.42. The monoisotopic (exact) mass is 239 g/mol. The summed E-state index contributed by atoms with van der Waals surface area (Å²) in [6.45, 7) is 0. The minimum atomic E-state index is 0.874. The summed E-state index contributed by atoms with van der Waals surface area (Å²) in [5.74, 6) is 0.874. The summed E-state index contributed by atoms with van der Waals surface area (Å²) < 4.78 is 8.31. The summed E-state index contributed by atoms with van der Waals surface area (Å²) >= 11 is 3.52. The van der Waals surface area contributed by atoms with Crippen LogP contribution in [-0.4, -0.2) is 11.7 Å². The highest BCUT2D eigenvalue weighted by atomic mass is 79.9. The van der Waals surface area contributed by atoms with E-state index < -0.39 is 0 Å². The predicted molar refractivity (Wildman–Crippen MR) is 57.2 cm³/mol. The molecule has 2 aromatic rings. The third-order valence-corrected chi connectivity index (χ3v) is 3.00. The van der Waals surface area contributed by atoms with Crippen LogP contribution >= 0.6 is 15.9 Å². The number of aryl methyl sites for hydroxylation is 1. The average molecular weight is 240 g/mol. The van der Waals surface area contributed by atoms with Crippen molar-refractivity contribution in [1.82, 2.24) is 4.57 Å². The number of rotatable bonds is 1. The van der Waals surface area contributed by atoms with Crippen molar-refractivity contribution in [2.45, 2.75) is 0 Å². The Balaban J connectivity index is 2.80. The predicted octanol–water partition coefficient (Wildman–Crippen LogP) is 2.95. The molecule has 0 amide bonds.